The summed E-state index contributed by atoms with van der Waals surface area (Å²) in [7, 11) is 0. The predicted molar refractivity (Wildman–Crippen MR) is 156 cm³/mol. The molecule has 1 amide bonds. The number of pyridine rings is 1. The molecule has 1 atom stereocenters. The van der Waals surface area contributed by atoms with E-state index in [1.165, 1.54) is 16.7 Å². The van der Waals surface area contributed by atoms with Crippen LogP contribution in [0, 0.1) is 11.3 Å². The van der Waals surface area contributed by atoms with E-state index in [2.05, 4.69) is 46.0 Å². The van der Waals surface area contributed by atoms with Crippen molar-refractivity contribution in [2.45, 2.75) is 38.6 Å². The minimum Gasteiger partial charge on any atom is -0.396 e. The average Bonchev–Trinajstić information content (AvgIpc) is 3.40. The van der Waals surface area contributed by atoms with E-state index < -0.39 is 11.5 Å². The Balaban J connectivity index is 1.31. The van der Waals surface area contributed by atoms with Gasteiger partial charge in [0.2, 0.25) is 5.91 Å². The van der Waals surface area contributed by atoms with Crippen LogP contribution in [0.3, 0.4) is 0 Å². The second-order valence-corrected chi connectivity index (χ2v) is 11.0. The summed E-state index contributed by atoms with van der Waals surface area (Å²) < 4.78 is 0. The molecule has 4 N–H and O–H groups in total. The largest absolute Gasteiger partial charge is 0.396 e. The highest BCUT2D eigenvalue weighted by Crippen LogP contribution is 2.36. The maximum Gasteiger partial charge on any atom is 0.245 e. The topological polar surface area (TPSA) is 97.7 Å². The molecule has 0 bridgehead atoms. The molecule has 7 nitrogen and oxygen atoms in total. The number of fused-ring (bicyclic) bond motifs is 1. The highest BCUT2D eigenvalue weighted by atomic mass is 16.3. The van der Waals surface area contributed by atoms with Crippen LogP contribution >= 0.6 is 0 Å². The number of hydrogen-bond acceptors (Lipinski definition) is 6. The number of rotatable bonds is 10. The number of aliphatic hydroxyl groups is 2. The summed E-state index contributed by atoms with van der Waals surface area (Å²) in [6.07, 6.45) is 8.80. The number of likely N-dealkylation sites (tertiary alicyclic amines) is 1. The van der Waals surface area contributed by atoms with Crippen molar-refractivity contribution >= 4 is 28.5 Å². The Hall–Kier alpha value is -3.68. The first kappa shape index (κ1) is 26.9. The second-order valence-electron chi connectivity index (χ2n) is 11.0. The van der Waals surface area contributed by atoms with Crippen molar-refractivity contribution in [1.29, 1.82) is 0 Å². The SMILES string of the molecule is CC(CO)(CO)C1CCN(C(=O)C(CC2=CCc3ccccc32)Nc2ccc(Nc3ccncc3)cc2)CC1. The van der Waals surface area contributed by atoms with Crippen molar-refractivity contribution in [2.24, 2.45) is 11.3 Å². The first-order chi connectivity index (χ1) is 19.0. The summed E-state index contributed by atoms with van der Waals surface area (Å²) in [6, 6.07) is 19.9. The fourth-order valence-electron chi connectivity index (χ4n) is 5.75. The number of nitrogens with zero attached hydrogens (tertiary/aromatic N) is 2. The summed E-state index contributed by atoms with van der Waals surface area (Å²) in [5.41, 5.74) is 6.04. The lowest BCUT2D eigenvalue weighted by atomic mass is 9.73. The Morgan fingerprint density at radius 1 is 0.974 bits per heavy atom. The lowest BCUT2D eigenvalue weighted by Gasteiger charge is -2.41. The van der Waals surface area contributed by atoms with Crippen molar-refractivity contribution in [3.05, 3.63) is 90.3 Å². The number of amides is 1. The van der Waals surface area contributed by atoms with E-state index in [9.17, 15) is 15.0 Å². The van der Waals surface area contributed by atoms with Crippen LogP contribution in [0.2, 0.25) is 0 Å². The molecule has 1 aliphatic carbocycles. The maximum atomic E-state index is 13.9. The molecule has 7 heteroatoms. The molecule has 0 saturated carbocycles. The van der Waals surface area contributed by atoms with Crippen LogP contribution < -0.4 is 10.6 Å². The summed E-state index contributed by atoms with van der Waals surface area (Å²) in [5, 5.41) is 26.6. The quantitative estimate of drug-likeness (QED) is 0.301. The molecule has 39 heavy (non-hydrogen) atoms. The molecule has 2 aromatic carbocycles. The third kappa shape index (κ3) is 6.15. The van der Waals surface area contributed by atoms with Crippen LogP contribution in [-0.2, 0) is 11.2 Å². The van der Waals surface area contributed by atoms with Crippen LogP contribution in [0.1, 0.15) is 37.3 Å². The molecule has 0 radical (unpaired) electrons. The molecular weight excluding hydrogens is 488 g/mol. The van der Waals surface area contributed by atoms with Crippen LogP contribution in [0.15, 0.2) is 79.1 Å². The zero-order valence-corrected chi connectivity index (χ0v) is 22.5. The first-order valence-corrected chi connectivity index (χ1v) is 13.8. The normalized spacial score (nSPS) is 16.4. The van der Waals surface area contributed by atoms with Crippen molar-refractivity contribution in [3.63, 3.8) is 0 Å². The van der Waals surface area contributed by atoms with E-state index in [0.717, 1.165) is 36.3 Å². The van der Waals surface area contributed by atoms with Crippen molar-refractivity contribution in [2.75, 3.05) is 36.9 Å². The number of allylic oxidation sites excluding steroid dienone is 1. The first-order valence-electron chi connectivity index (χ1n) is 13.8. The molecule has 1 saturated heterocycles. The monoisotopic (exact) mass is 526 g/mol. The van der Waals surface area contributed by atoms with Gasteiger partial charge in [0.15, 0.2) is 0 Å². The predicted octanol–water partition coefficient (Wildman–Crippen LogP) is 4.87. The number of anilines is 3. The number of carbonyl (C=O) groups is 1. The molecule has 1 aromatic heterocycles. The summed E-state index contributed by atoms with van der Waals surface area (Å²) in [6.45, 7) is 3.08. The lowest BCUT2D eigenvalue weighted by molar-refractivity contribution is -0.134. The van der Waals surface area contributed by atoms with Gasteiger partial charge in [-0.05, 0) is 78.3 Å². The number of hydrogen-bond donors (Lipinski definition) is 4. The van der Waals surface area contributed by atoms with Gasteiger partial charge in [0.1, 0.15) is 6.04 Å². The fraction of sp³-hybridized carbons (Fsp3) is 0.375. The van der Waals surface area contributed by atoms with E-state index >= 15 is 0 Å². The van der Waals surface area contributed by atoms with Crippen LogP contribution in [0.5, 0.6) is 0 Å². The maximum absolute atomic E-state index is 13.9. The van der Waals surface area contributed by atoms with Gasteiger partial charge in [-0.1, -0.05) is 37.3 Å². The van der Waals surface area contributed by atoms with Gasteiger partial charge in [-0.3, -0.25) is 9.78 Å². The molecule has 2 aliphatic rings. The Kier molecular flexibility index (Phi) is 8.29. The third-order valence-electron chi connectivity index (χ3n) is 8.36. The molecule has 1 aliphatic heterocycles. The summed E-state index contributed by atoms with van der Waals surface area (Å²) >= 11 is 0. The van der Waals surface area contributed by atoms with Gasteiger partial charge in [0.05, 0.1) is 13.2 Å². The van der Waals surface area contributed by atoms with Crippen LogP contribution in [0.4, 0.5) is 17.1 Å². The zero-order chi connectivity index (χ0) is 27.2. The van der Waals surface area contributed by atoms with E-state index in [0.29, 0.717) is 19.5 Å². The van der Waals surface area contributed by atoms with Crippen LogP contribution in [0.25, 0.3) is 5.57 Å². The Morgan fingerprint density at radius 3 is 2.31 bits per heavy atom. The molecule has 2 heterocycles. The highest BCUT2D eigenvalue weighted by Gasteiger charge is 2.37. The van der Waals surface area contributed by atoms with Gasteiger partial charge in [-0.25, -0.2) is 0 Å². The van der Waals surface area contributed by atoms with Crippen molar-refractivity contribution in [3.8, 4) is 0 Å². The minimum atomic E-state index is -0.517. The Labute approximate surface area is 230 Å². The van der Waals surface area contributed by atoms with Gasteiger partial charge in [0.25, 0.3) is 0 Å². The highest BCUT2D eigenvalue weighted by molar-refractivity contribution is 5.88. The number of carbonyl (C=O) groups excluding carboxylic acids is 1. The van der Waals surface area contributed by atoms with Gasteiger partial charge in [-0.2, -0.15) is 0 Å². The van der Waals surface area contributed by atoms with E-state index in [1.54, 1.807) is 12.4 Å². The molecular formula is C32H38N4O3. The number of aliphatic hydroxyl groups excluding tert-OH is 2. The van der Waals surface area contributed by atoms with Crippen molar-refractivity contribution < 1.29 is 15.0 Å². The van der Waals surface area contributed by atoms with Crippen molar-refractivity contribution in [1.82, 2.24) is 9.88 Å². The molecule has 5 rings (SSSR count). The zero-order valence-electron chi connectivity index (χ0n) is 22.5. The number of piperidine rings is 1. The summed E-state index contributed by atoms with van der Waals surface area (Å²) in [4.78, 5) is 19.9. The molecule has 3 aromatic rings. The second kappa shape index (κ2) is 12.0. The molecule has 0 spiro atoms. The van der Waals surface area contributed by atoms with E-state index in [1.807, 2.05) is 48.2 Å². The van der Waals surface area contributed by atoms with Gasteiger partial charge in [0, 0.05) is 54.4 Å². The third-order valence-corrected chi connectivity index (χ3v) is 8.36. The van der Waals surface area contributed by atoms with Gasteiger partial charge < -0.3 is 25.7 Å². The smallest absolute Gasteiger partial charge is 0.245 e. The summed E-state index contributed by atoms with van der Waals surface area (Å²) in [5.74, 6) is 0.278. The number of aromatic nitrogens is 1. The fourth-order valence-corrected chi connectivity index (χ4v) is 5.75. The Morgan fingerprint density at radius 2 is 1.62 bits per heavy atom. The minimum absolute atomic E-state index is 0.0497. The number of benzene rings is 2. The molecule has 204 valence electrons. The number of nitrogens with one attached hydrogen (secondary N) is 2. The molecule has 1 fully saturated rings. The average molecular weight is 527 g/mol. The van der Waals surface area contributed by atoms with Crippen LogP contribution in [-0.4, -0.2) is 58.3 Å². The van der Waals surface area contributed by atoms with Gasteiger partial charge in [-0.15, -0.1) is 0 Å². The van der Waals surface area contributed by atoms with E-state index in [4.69, 9.17) is 0 Å². The molecule has 1 unspecified atom stereocenters. The van der Waals surface area contributed by atoms with Gasteiger partial charge >= 0.3 is 0 Å². The van der Waals surface area contributed by atoms with E-state index in [-0.39, 0.29) is 25.0 Å². The Bertz CT molecular complexity index is 1280. The standard InChI is InChI=1S/C32H38N4O3/c1-32(21-37,22-38)25-14-18-36(19-15-25)31(39)30(20-24-7-6-23-4-2-3-5-29(23)24)35-27-10-8-26(9-11-27)34-28-12-16-33-17-13-28/h2-5,7-13,16-17,25,30,35,37-38H,6,14-15,18-22H2,1H3,(H,33,34). The lowest BCUT2D eigenvalue weighted by Crippen LogP contribution is -2.49.